The van der Waals surface area contributed by atoms with E-state index in [0.29, 0.717) is 107 Å². The predicted octanol–water partition coefficient (Wildman–Crippen LogP) is 6.37. The van der Waals surface area contributed by atoms with E-state index < -0.39 is 95.8 Å². The van der Waals surface area contributed by atoms with Crippen LogP contribution < -0.4 is 31.9 Å². The molecule has 542 valence electrons. The van der Waals surface area contributed by atoms with Gasteiger partial charge in [-0.15, -0.1) is 0 Å². The van der Waals surface area contributed by atoms with E-state index in [1.807, 2.05) is 105 Å². The van der Waals surface area contributed by atoms with Crippen LogP contribution in [-0.2, 0) is 88.3 Å². The van der Waals surface area contributed by atoms with Crippen LogP contribution in [0, 0.1) is 11.3 Å². The van der Waals surface area contributed by atoms with Crippen molar-refractivity contribution in [3.05, 3.63) is 138 Å². The van der Waals surface area contributed by atoms with Gasteiger partial charge in [-0.25, -0.2) is 14.5 Å². The zero-order valence-corrected chi connectivity index (χ0v) is 58.3. The predicted molar refractivity (Wildman–Crippen MR) is 366 cm³/mol. The molecule has 7 amide bonds. The highest BCUT2D eigenvalue weighted by molar-refractivity contribution is 6.00. The third-order valence-corrected chi connectivity index (χ3v) is 14.0. The summed E-state index contributed by atoms with van der Waals surface area (Å²) in [5.74, 6) is -4.38. The Labute approximate surface area is 576 Å². The molecule has 0 saturated carbocycles. The van der Waals surface area contributed by atoms with Gasteiger partial charge in [-0.1, -0.05) is 117 Å². The summed E-state index contributed by atoms with van der Waals surface area (Å²) in [7, 11) is 1.62. The Kier molecular flexibility index (Phi) is 38.4. The Hall–Kier alpha value is -7.96. The Morgan fingerprint density at radius 2 is 0.969 bits per heavy atom. The molecule has 98 heavy (non-hydrogen) atoms. The molecule has 0 aliphatic heterocycles. The van der Waals surface area contributed by atoms with Gasteiger partial charge in [0.2, 0.25) is 35.5 Å². The van der Waals surface area contributed by atoms with Gasteiger partial charge in [0.05, 0.1) is 119 Å². The average Bonchev–Trinajstić information content (AvgIpc) is 0.758. The second kappa shape index (κ2) is 45.6. The minimum atomic E-state index is -1.52. The lowest BCUT2D eigenvalue weighted by Gasteiger charge is -2.37. The number of carbonyl (C=O) groups excluding carboxylic acids is 7. The quantitative estimate of drug-likeness (QED) is 0.0103. The monoisotopic (exact) mass is 1370 g/mol. The number of carbonyl (C=O) groups is 7. The first-order valence-electron chi connectivity index (χ1n) is 33.0. The van der Waals surface area contributed by atoms with Crippen molar-refractivity contribution in [2.24, 2.45) is 5.92 Å². The first-order chi connectivity index (χ1) is 46.9. The second-order valence-corrected chi connectivity index (χ2v) is 24.9. The van der Waals surface area contributed by atoms with E-state index >= 15 is 0 Å². The molecule has 4 rings (SSSR count). The lowest BCUT2D eigenvalue weighted by atomic mass is 9.80. The Morgan fingerprint density at radius 3 is 1.41 bits per heavy atom. The Morgan fingerprint density at radius 1 is 0.520 bits per heavy atom. The highest BCUT2D eigenvalue weighted by Crippen LogP contribution is 2.40. The largest absolute Gasteiger partial charge is 0.444 e. The van der Waals surface area contributed by atoms with Gasteiger partial charge in [-0.2, -0.15) is 0 Å². The maximum atomic E-state index is 14.8. The number of amides is 7. The lowest BCUT2D eigenvalue weighted by molar-refractivity contribution is -0.135. The van der Waals surface area contributed by atoms with Crippen molar-refractivity contribution in [1.29, 1.82) is 5.41 Å². The standard InChI is InChI=1S/C71H104N8O19/c1-52(2)48-59(76-61(81)31-33-89-36-37-91-40-41-93-44-45-95-47-46-94-43-42-92-39-38-90-35-34-88-9)65(85)77-60(51-96-71(54-20-13-10-14-21-54,55-22-15-11-16-23-55)56-24-17-12-18-25-56)63(83)73-49-62(82)75-58(64(84)74-57-29-27-53(50-80)28-30-57)26-19-32-79(68(87)98-70(6,7)8)66(72)78-67(86)97-69(3,4)5/h10-18,20-25,27-30,52,58-60,80H,19,26,31-51H2,1-9H3,(H,73,83)(H,74,84)(H,75,82)(H,76,81)(H,77,85)(H2,72,78,86)/t58-,59-,60-/m0/s1. The molecule has 3 atom stereocenters. The first-order valence-corrected chi connectivity index (χ1v) is 33.0. The van der Waals surface area contributed by atoms with E-state index in [2.05, 4.69) is 31.9 Å². The summed E-state index contributed by atoms with van der Waals surface area (Å²) in [6, 6.07) is 30.4. The summed E-state index contributed by atoms with van der Waals surface area (Å²) < 4.78 is 61.5. The molecule has 4 aromatic rings. The smallest absolute Gasteiger partial charge is 0.417 e. The van der Waals surface area contributed by atoms with Gasteiger partial charge in [-0.3, -0.25) is 34.7 Å². The number of aliphatic hydroxyl groups excluding tert-OH is 1. The highest BCUT2D eigenvalue weighted by Gasteiger charge is 2.40. The molecule has 0 spiro atoms. The number of rotatable bonds is 46. The van der Waals surface area contributed by atoms with Crippen molar-refractivity contribution >= 4 is 53.4 Å². The fourth-order valence-corrected chi connectivity index (χ4v) is 9.39. The summed E-state index contributed by atoms with van der Waals surface area (Å²) in [6.07, 6.45) is -2.13. The zero-order valence-electron chi connectivity index (χ0n) is 58.3. The molecule has 0 aliphatic rings. The molecule has 0 aliphatic carbocycles. The number of guanidine groups is 1. The van der Waals surface area contributed by atoms with E-state index in [1.165, 1.54) is 0 Å². The average molecular weight is 1370 g/mol. The Bertz CT molecular complexity index is 2880. The van der Waals surface area contributed by atoms with Gasteiger partial charge in [0.1, 0.15) is 34.9 Å². The zero-order chi connectivity index (χ0) is 71.6. The van der Waals surface area contributed by atoms with Crippen LogP contribution in [0.4, 0.5) is 15.3 Å². The van der Waals surface area contributed by atoms with Crippen LogP contribution >= 0.6 is 0 Å². The number of methoxy groups -OCH3 is 1. The Balaban J connectivity index is 1.46. The molecule has 0 bridgehead atoms. The van der Waals surface area contributed by atoms with Gasteiger partial charge >= 0.3 is 12.2 Å². The third kappa shape index (κ3) is 33.1. The minimum absolute atomic E-state index is 0.0182. The van der Waals surface area contributed by atoms with E-state index in [9.17, 15) is 38.7 Å². The molecular weight excluding hydrogens is 1270 g/mol. The van der Waals surface area contributed by atoms with Crippen LogP contribution in [0.15, 0.2) is 115 Å². The molecule has 4 aromatic carbocycles. The number of hydrogen-bond acceptors (Lipinski definition) is 20. The number of ether oxygens (including phenoxy) is 11. The number of anilines is 1. The van der Waals surface area contributed by atoms with Crippen LogP contribution in [0.25, 0.3) is 0 Å². The molecule has 0 saturated heterocycles. The van der Waals surface area contributed by atoms with E-state index in [1.54, 1.807) is 72.9 Å². The number of nitrogens with zero attached hydrogens (tertiary/aromatic N) is 1. The van der Waals surface area contributed by atoms with Gasteiger partial charge in [0, 0.05) is 25.8 Å². The summed E-state index contributed by atoms with van der Waals surface area (Å²) in [4.78, 5) is 98.4. The minimum Gasteiger partial charge on any atom is -0.444 e. The highest BCUT2D eigenvalue weighted by atomic mass is 16.6. The van der Waals surface area contributed by atoms with Crippen LogP contribution in [0.3, 0.4) is 0 Å². The summed E-state index contributed by atoms with van der Waals surface area (Å²) in [6.45, 7) is 17.5. The summed E-state index contributed by atoms with van der Waals surface area (Å²) >= 11 is 0. The second-order valence-electron chi connectivity index (χ2n) is 24.9. The van der Waals surface area contributed by atoms with Crippen molar-refractivity contribution in [3.63, 3.8) is 0 Å². The molecule has 0 fully saturated rings. The molecule has 0 aromatic heterocycles. The first kappa shape index (κ1) is 82.5. The fourth-order valence-electron chi connectivity index (χ4n) is 9.39. The van der Waals surface area contributed by atoms with Gasteiger partial charge in [0.25, 0.3) is 0 Å². The van der Waals surface area contributed by atoms with Crippen molar-refractivity contribution in [2.75, 3.05) is 131 Å². The molecule has 0 unspecified atom stereocenters. The summed E-state index contributed by atoms with van der Waals surface area (Å²) in [5, 5.41) is 34.3. The van der Waals surface area contributed by atoms with Crippen LogP contribution in [0.5, 0.6) is 0 Å². The summed E-state index contributed by atoms with van der Waals surface area (Å²) in [5.41, 5.74) is -0.339. The van der Waals surface area contributed by atoms with Gasteiger partial charge < -0.3 is 83.8 Å². The number of nitrogens with one attached hydrogen (secondary N) is 7. The normalized spacial score (nSPS) is 12.6. The van der Waals surface area contributed by atoms with E-state index in [0.717, 1.165) is 4.90 Å². The van der Waals surface area contributed by atoms with Crippen LogP contribution in [-0.4, -0.2) is 213 Å². The van der Waals surface area contributed by atoms with Gasteiger partial charge in [-0.05, 0) is 101 Å². The molecule has 27 heteroatoms. The van der Waals surface area contributed by atoms with E-state index in [-0.39, 0.29) is 64.6 Å². The molecular formula is C71H104N8O19. The number of benzene rings is 4. The fraction of sp³-hybridized carbons (Fsp3) is 0.549. The SMILES string of the molecule is COCCOCCOCCOCCOCCOCCOCCOCCC(=O)N[C@@H](CC(C)C)C(=O)N[C@@H](COC(c1ccccc1)(c1ccccc1)c1ccccc1)C(=O)NCC(=O)N[C@@H](CCCN(C(=N)NC(=O)OC(C)(C)C)C(=O)OC(C)(C)C)C(=O)Nc1ccc(CO)cc1. The third-order valence-electron chi connectivity index (χ3n) is 14.0. The van der Waals surface area contributed by atoms with Gasteiger partial charge in [0.15, 0.2) is 0 Å². The maximum absolute atomic E-state index is 14.8. The van der Waals surface area contributed by atoms with E-state index in [4.69, 9.17) is 57.5 Å². The van der Waals surface area contributed by atoms with Crippen molar-refractivity contribution < 1.29 is 90.8 Å². The molecule has 0 heterocycles. The number of aliphatic hydroxyl groups is 1. The van der Waals surface area contributed by atoms with Crippen molar-refractivity contribution in [3.8, 4) is 0 Å². The lowest BCUT2D eigenvalue weighted by Crippen LogP contribution is -2.57. The van der Waals surface area contributed by atoms with Crippen LogP contribution in [0.2, 0.25) is 0 Å². The maximum Gasteiger partial charge on any atom is 0.417 e. The molecule has 8 N–H and O–H groups in total. The van der Waals surface area contributed by atoms with Crippen LogP contribution in [0.1, 0.15) is 103 Å². The van der Waals surface area contributed by atoms with Crippen molar-refractivity contribution in [1.82, 2.24) is 31.5 Å². The molecule has 27 nitrogen and oxygen atoms in total. The topological polar surface area (TPSA) is 341 Å². The number of alkyl carbamates (subject to hydrolysis) is 1. The molecule has 0 radical (unpaired) electrons. The van der Waals surface area contributed by atoms with Crippen molar-refractivity contribution in [2.45, 2.75) is 123 Å². The number of hydrogen-bond donors (Lipinski definition) is 8.